The average molecular weight is 1010 g/mol. The molecule has 0 unspecified atom stereocenters. The van der Waals surface area contributed by atoms with Gasteiger partial charge in [-0.1, -0.05) is 54.8 Å². The number of methoxy groups -OCH3 is 1. The van der Waals surface area contributed by atoms with Crippen molar-refractivity contribution < 1.29 is 49.0 Å². The van der Waals surface area contributed by atoms with Gasteiger partial charge in [-0.25, -0.2) is 26.6 Å². The molecule has 0 atom stereocenters. The molecule has 4 aromatic carbocycles. The highest BCUT2D eigenvalue weighted by atomic mass is 35.5. The second-order valence-electron chi connectivity index (χ2n) is 17.6. The molecule has 67 heavy (non-hydrogen) atoms. The lowest BCUT2D eigenvalue weighted by Gasteiger charge is -2.39. The molecule has 4 aromatic rings. The van der Waals surface area contributed by atoms with Gasteiger partial charge in [-0.05, 0) is 97.5 Å². The standard InChI is InChI=1S/C46H53Cl2F3N6O8S2/c1-45(2)16-15-32(38(28-45)31-5-7-33(47)8-6-31)29-55-19-21-56(22-20-55)34-9-12-37(42(25-34)65-41-14-10-35(26-39(41)48)64-30-63-4)44(58)53-67(61,62)36-11-13-40(52-57-23-17-54(3)18-24-57)43(27-36)66(59,60)46(49,50)51/h5-14,25-27,52H,15-24,28-30H2,1-4H3,(H,53,58). The summed E-state index contributed by atoms with van der Waals surface area (Å²) in [6.45, 7) is 9.80. The van der Waals surface area contributed by atoms with Gasteiger partial charge in [0.25, 0.3) is 25.8 Å². The smallest absolute Gasteiger partial charge is 0.468 e. The van der Waals surface area contributed by atoms with E-state index in [1.807, 2.05) is 28.8 Å². The summed E-state index contributed by atoms with van der Waals surface area (Å²) < 4.78 is 114. The Bertz CT molecular complexity index is 2710. The van der Waals surface area contributed by atoms with Crippen molar-refractivity contribution >= 4 is 65.9 Å². The number of sulfone groups is 1. The molecule has 21 heteroatoms. The second kappa shape index (κ2) is 20.6. The molecule has 7 rings (SSSR count). The van der Waals surface area contributed by atoms with Gasteiger partial charge in [0.15, 0.2) is 6.79 Å². The van der Waals surface area contributed by atoms with Crippen molar-refractivity contribution in [1.82, 2.24) is 19.5 Å². The zero-order valence-electron chi connectivity index (χ0n) is 37.5. The van der Waals surface area contributed by atoms with Crippen LogP contribution in [0.1, 0.15) is 49.0 Å². The van der Waals surface area contributed by atoms with Crippen LogP contribution in [0, 0.1) is 5.41 Å². The van der Waals surface area contributed by atoms with Crippen molar-refractivity contribution in [1.29, 1.82) is 0 Å². The van der Waals surface area contributed by atoms with E-state index in [1.165, 1.54) is 47.0 Å². The number of halogens is 5. The largest absolute Gasteiger partial charge is 0.501 e. The minimum atomic E-state index is -6.07. The summed E-state index contributed by atoms with van der Waals surface area (Å²) in [4.78, 5) is 18.3. The molecule has 0 aromatic heterocycles. The summed E-state index contributed by atoms with van der Waals surface area (Å²) in [6, 6.07) is 19.4. The number of nitrogens with one attached hydrogen (secondary N) is 2. The predicted molar refractivity (Wildman–Crippen MR) is 252 cm³/mol. The van der Waals surface area contributed by atoms with Crippen molar-refractivity contribution in [3.05, 3.63) is 106 Å². The minimum absolute atomic E-state index is 0.0525. The average Bonchev–Trinajstić information content (AvgIpc) is 3.27. The zero-order chi connectivity index (χ0) is 48.3. The Morgan fingerprint density at radius 3 is 2.19 bits per heavy atom. The molecule has 0 saturated carbocycles. The number of carbonyl (C=O) groups excluding carboxylic acids is 1. The van der Waals surface area contributed by atoms with E-state index in [-0.39, 0.29) is 34.3 Å². The van der Waals surface area contributed by atoms with Crippen LogP contribution < -0.4 is 24.5 Å². The monoisotopic (exact) mass is 1010 g/mol. The number of rotatable bonds is 15. The summed E-state index contributed by atoms with van der Waals surface area (Å²) in [5.74, 6) is -0.840. The van der Waals surface area contributed by atoms with Crippen LogP contribution in [0.3, 0.4) is 0 Å². The summed E-state index contributed by atoms with van der Waals surface area (Å²) in [5.41, 5.74) is 0.965. The van der Waals surface area contributed by atoms with Gasteiger partial charge in [0.2, 0.25) is 0 Å². The maximum Gasteiger partial charge on any atom is 0.501 e. The first-order valence-electron chi connectivity index (χ1n) is 21.5. The number of alkyl halides is 3. The van der Waals surface area contributed by atoms with E-state index in [0.717, 1.165) is 51.0 Å². The first kappa shape index (κ1) is 50.3. The van der Waals surface area contributed by atoms with E-state index in [1.54, 1.807) is 18.2 Å². The van der Waals surface area contributed by atoms with Crippen LogP contribution in [-0.2, 0) is 24.6 Å². The number of sulfonamides is 1. The first-order valence-corrected chi connectivity index (χ1v) is 25.2. The first-order chi connectivity index (χ1) is 31.6. The molecule has 14 nitrogen and oxygen atoms in total. The number of benzene rings is 4. The van der Waals surface area contributed by atoms with E-state index in [9.17, 15) is 34.8 Å². The van der Waals surface area contributed by atoms with Gasteiger partial charge in [0.05, 0.1) is 21.2 Å². The Morgan fingerprint density at radius 2 is 1.54 bits per heavy atom. The highest BCUT2D eigenvalue weighted by Gasteiger charge is 2.48. The highest BCUT2D eigenvalue weighted by Crippen LogP contribution is 2.44. The van der Waals surface area contributed by atoms with Gasteiger partial charge >= 0.3 is 5.51 Å². The van der Waals surface area contributed by atoms with E-state index in [4.69, 9.17) is 37.4 Å². The second-order valence-corrected chi connectivity index (χ2v) is 22.0. The van der Waals surface area contributed by atoms with E-state index in [0.29, 0.717) is 61.8 Å². The lowest BCUT2D eigenvalue weighted by atomic mass is 9.72. The Kier molecular flexibility index (Phi) is 15.4. The molecule has 3 aliphatic rings. The van der Waals surface area contributed by atoms with Crippen molar-refractivity contribution in [2.24, 2.45) is 5.41 Å². The van der Waals surface area contributed by atoms with Crippen molar-refractivity contribution in [3.63, 3.8) is 0 Å². The summed E-state index contributed by atoms with van der Waals surface area (Å²) in [5, 5.41) is 2.32. The third-order valence-electron chi connectivity index (χ3n) is 12.1. The number of hydrogen-bond donors (Lipinski definition) is 2. The number of amides is 1. The number of carbonyl (C=O) groups is 1. The van der Waals surface area contributed by atoms with Crippen LogP contribution in [0.25, 0.3) is 5.57 Å². The van der Waals surface area contributed by atoms with Gasteiger partial charge in [-0.15, -0.1) is 0 Å². The number of anilines is 2. The van der Waals surface area contributed by atoms with E-state index < -0.39 is 46.8 Å². The molecular formula is C46H53Cl2F3N6O8S2. The maximum absolute atomic E-state index is 14.0. The SMILES string of the molecule is COCOc1ccc(Oc2cc(N3CCN(CC4=C(c5ccc(Cl)cc5)CC(C)(C)CC4)CC3)ccc2C(=O)NS(=O)(=O)c2ccc(NN3CCN(C)CC3)c(S(=O)(=O)C(F)(F)F)c2)c(Cl)c1. The normalized spacial score (nSPS) is 17.9. The molecule has 2 aliphatic heterocycles. The van der Waals surface area contributed by atoms with Gasteiger partial charge < -0.3 is 29.4 Å². The number of hydrogen-bond acceptors (Lipinski definition) is 13. The zero-order valence-corrected chi connectivity index (χ0v) is 40.6. The summed E-state index contributed by atoms with van der Waals surface area (Å²) in [7, 11) is -7.76. The van der Waals surface area contributed by atoms with Gasteiger partial charge in [0, 0.05) is 88.9 Å². The molecule has 362 valence electrons. The number of likely N-dealkylation sites (N-methyl/N-ethyl adjacent to an activating group) is 1. The predicted octanol–water partition coefficient (Wildman–Crippen LogP) is 8.54. The fraction of sp³-hybridized carbons (Fsp3) is 0.413. The molecule has 2 N–H and O–H groups in total. The fourth-order valence-corrected chi connectivity index (χ4v) is 10.5. The van der Waals surface area contributed by atoms with Crippen LogP contribution in [0.15, 0.2) is 94.2 Å². The maximum atomic E-state index is 14.0. The Balaban J connectivity index is 1.14. The van der Waals surface area contributed by atoms with Crippen LogP contribution in [0.2, 0.25) is 10.0 Å². The molecule has 0 bridgehead atoms. The third-order valence-corrected chi connectivity index (χ3v) is 15.5. The van der Waals surface area contributed by atoms with Crippen LogP contribution in [0.5, 0.6) is 17.2 Å². The highest BCUT2D eigenvalue weighted by molar-refractivity contribution is 7.92. The van der Waals surface area contributed by atoms with Gasteiger partial charge in [-0.2, -0.15) is 13.2 Å². The molecule has 0 spiro atoms. The van der Waals surface area contributed by atoms with Crippen molar-refractivity contribution in [3.8, 4) is 17.2 Å². The third kappa shape index (κ3) is 12.2. The number of nitrogens with zero attached hydrogens (tertiary/aromatic N) is 4. The number of ether oxygens (including phenoxy) is 3. The van der Waals surface area contributed by atoms with E-state index >= 15 is 0 Å². The Labute approximate surface area is 399 Å². The number of hydrazine groups is 1. The fourth-order valence-electron chi connectivity index (χ4n) is 8.21. The molecule has 1 aliphatic carbocycles. The lowest BCUT2D eigenvalue weighted by Crippen LogP contribution is -2.47. The molecule has 1 amide bonds. The minimum Gasteiger partial charge on any atom is -0.468 e. The molecule has 2 saturated heterocycles. The van der Waals surface area contributed by atoms with E-state index in [2.05, 4.69) is 41.2 Å². The Morgan fingerprint density at radius 1 is 0.836 bits per heavy atom. The van der Waals surface area contributed by atoms with Crippen molar-refractivity contribution in [2.75, 3.05) is 90.2 Å². The molecular weight excluding hydrogens is 957 g/mol. The topological polar surface area (TPSA) is 150 Å². The number of piperazine rings is 2. The molecule has 0 radical (unpaired) electrons. The lowest BCUT2D eigenvalue weighted by molar-refractivity contribution is -0.0436. The number of allylic oxidation sites excluding steroid dienone is 1. The molecule has 2 heterocycles. The molecule has 2 fully saturated rings. The van der Waals surface area contributed by atoms with Crippen molar-refractivity contribution in [2.45, 2.75) is 48.4 Å². The van der Waals surface area contributed by atoms with Crippen LogP contribution in [-0.4, -0.2) is 123 Å². The van der Waals surface area contributed by atoms with Crippen LogP contribution in [0.4, 0.5) is 24.5 Å². The summed E-state index contributed by atoms with van der Waals surface area (Å²) in [6.07, 6.45) is 3.03. The van der Waals surface area contributed by atoms with Crippen LogP contribution >= 0.6 is 23.2 Å². The van der Waals surface area contributed by atoms with Gasteiger partial charge in [0.1, 0.15) is 22.1 Å². The summed E-state index contributed by atoms with van der Waals surface area (Å²) >= 11 is 12.8. The Hall–Kier alpha value is -4.60. The van der Waals surface area contributed by atoms with Gasteiger partial charge in [-0.3, -0.25) is 9.69 Å². The quantitative estimate of drug-likeness (QED) is 0.110.